The predicted octanol–water partition coefficient (Wildman–Crippen LogP) is 2.17. The number of nitrogens with zero attached hydrogens (tertiary/aromatic N) is 1. The van der Waals surface area contributed by atoms with Crippen LogP contribution in [0.25, 0.3) is 0 Å². The Labute approximate surface area is 124 Å². The molecule has 0 aromatic carbocycles. The number of rotatable bonds is 5. The molecule has 1 aliphatic carbocycles. The van der Waals surface area contributed by atoms with Crippen LogP contribution in [0.3, 0.4) is 0 Å². The lowest BCUT2D eigenvalue weighted by atomic mass is 10.0. The molecule has 0 radical (unpaired) electrons. The number of thioether (sulfide) groups is 1. The molecule has 1 saturated carbocycles. The van der Waals surface area contributed by atoms with Gasteiger partial charge in [0.1, 0.15) is 0 Å². The van der Waals surface area contributed by atoms with E-state index in [9.17, 15) is 9.59 Å². The fraction of sp³-hybridized carbons (Fsp3) is 0.857. The average molecular weight is 300 g/mol. The fourth-order valence-electron chi connectivity index (χ4n) is 3.08. The second kappa shape index (κ2) is 7.76. The van der Waals surface area contributed by atoms with Gasteiger partial charge >= 0.3 is 12.0 Å². The number of hydrogen-bond donors (Lipinski definition) is 2. The predicted molar refractivity (Wildman–Crippen MR) is 80.0 cm³/mol. The number of aliphatic carboxylic acids is 1. The van der Waals surface area contributed by atoms with Crippen molar-refractivity contribution in [2.45, 2.75) is 44.6 Å². The van der Waals surface area contributed by atoms with E-state index in [1.54, 1.807) is 16.7 Å². The molecule has 20 heavy (non-hydrogen) atoms. The van der Waals surface area contributed by atoms with Crippen LogP contribution in [-0.4, -0.2) is 52.6 Å². The highest BCUT2D eigenvalue weighted by Gasteiger charge is 2.28. The van der Waals surface area contributed by atoms with E-state index in [2.05, 4.69) is 5.32 Å². The monoisotopic (exact) mass is 300 g/mol. The van der Waals surface area contributed by atoms with E-state index in [4.69, 9.17) is 5.11 Å². The van der Waals surface area contributed by atoms with E-state index in [-0.39, 0.29) is 18.5 Å². The third kappa shape index (κ3) is 4.58. The van der Waals surface area contributed by atoms with E-state index in [1.165, 1.54) is 25.7 Å². The maximum absolute atomic E-state index is 12.2. The third-order valence-electron chi connectivity index (χ3n) is 4.20. The Balaban J connectivity index is 1.74. The Morgan fingerprint density at radius 2 is 2.05 bits per heavy atom. The smallest absolute Gasteiger partial charge is 0.317 e. The first-order valence-corrected chi connectivity index (χ1v) is 8.66. The van der Waals surface area contributed by atoms with Gasteiger partial charge in [0.05, 0.1) is 12.5 Å². The number of carboxylic acid groups (broad SMARTS) is 1. The topological polar surface area (TPSA) is 69.6 Å². The Bertz CT molecular complexity index is 345. The molecule has 1 aliphatic heterocycles. The van der Waals surface area contributed by atoms with Gasteiger partial charge in [0, 0.05) is 24.6 Å². The molecule has 0 aromatic rings. The first kappa shape index (κ1) is 15.5. The van der Waals surface area contributed by atoms with Crippen molar-refractivity contribution in [3.63, 3.8) is 0 Å². The van der Waals surface area contributed by atoms with Gasteiger partial charge in [-0.15, -0.1) is 0 Å². The van der Waals surface area contributed by atoms with Crippen LogP contribution in [0.5, 0.6) is 0 Å². The van der Waals surface area contributed by atoms with Gasteiger partial charge in [-0.3, -0.25) is 4.79 Å². The molecule has 6 heteroatoms. The summed E-state index contributed by atoms with van der Waals surface area (Å²) in [6, 6.07) is -0.257. The number of carbonyl (C=O) groups is 2. The van der Waals surface area contributed by atoms with Gasteiger partial charge in [-0.2, -0.15) is 11.8 Å². The number of carboxylic acids is 1. The van der Waals surface area contributed by atoms with Crippen LogP contribution in [0.2, 0.25) is 0 Å². The summed E-state index contributed by atoms with van der Waals surface area (Å²) in [5, 5.41) is 11.9. The zero-order valence-electron chi connectivity index (χ0n) is 11.8. The van der Waals surface area contributed by atoms with Crippen LogP contribution in [-0.2, 0) is 4.79 Å². The van der Waals surface area contributed by atoms with Gasteiger partial charge < -0.3 is 15.3 Å². The Morgan fingerprint density at radius 1 is 1.30 bits per heavy atom. The lowest BCUT2D eigenvalue weighted by molar-refractivity contribution is -0.137. The van der Waals surface area contributed by atoms with Crippen molar-refractivity contribution in [1.82, 2.24) is 10.2 Å². The summed E-state index contributed by atoms with van der Waals surface area (Å²) in [5.41, 5.74) is 0. The first-order valence-electron chi connectivity index (χ1n) is 7.51. The number of nitrogens with one attached hydrogen (secondary N) is 1. The molecule has 1 unspecified atom stereocenters. The first-order chi connectivity index (χ1) is 9.66. The zero-order chi connectivity index (χ0) is 14.4. The molecule has 1 atom stereocenters. The second-order valence-corrected chi connectivity index (χ2v) is 6.84. The molecule has 1 saturated heterocycles. The van der Waals surface area contributed by atoms with Crippen molar-refractivity contribution < 1.29 is 14.7 Å². The van der Waals surface area contributed by atoms with Crippen LogP contribution in [0.15, 0.2) is 0 Å². The van der Waals surface area contributed by atoms with Crippen molar-refractivity contribution in [2.75, 3.05) is 24.6 Å². The molecule has 1 heterocycles. The maximum Gasteiger partial charge on any atom is 0.317 e. The molecule has 0 bridgehead atoms. The highest BCUT2D eigenvalue weighted by molar-refractivity contribution is 7.99. The van der Waals surface area contributed by atoms with Crippen molar-refractivity contribution in [2.24, 2.45) is 5.92 Å². The molecular weight excluding hydrogens is 276 g/mol. The molecular formula is C14H24N2O3S. The Hall–Kier alpha value is -0.910. The van der Waals surface area contributed by atoms with Crippen molar-refractivity contribution in [1.29, 1.82) is 0 Å². The molecule has 2 rings (SSSR count). The number of hydrogen-bond acceptors (Lipinski definition) is 3. The summed E-state index contributed by atoms with van der Waals surface area (Å²) in [7, 11) is 0. The molecule has 0 aromatic heterocycles. The van der Waals surface area contributed by atoms with Gasteiger partial charge in [0.2, 0.25) is 0 Å². The summed E-state index contributed by atoms with van der Waals surface area (Å²) in [6.07, 6.45) is 6.32. The molecule has 0 spiro atoms. The minimum absolute atomic E-state index is 0.0447. The largest absolute Gasteiger partial charge is 0.481 e. The van der Waals surface area contributed by atoms with Crippen molar-refractivity contribution in [3.8, 4) is 0 Å². The van der Waals surface area contributed by atoms with Crippen LogP contribution >= 0.6 is 11.8 Å². The molecule has 114 valence electrons. The van der Waals surface area contributed by atoms with Crippen LogP contribution in [0.4, 0.5) is 4.79 Å². The van der Waals surface area contributed by atoms with E-state index < -0.39 is 5.97 Å². The molecule has 5 nitrogen and oxygen atoms in total. The van der Waals surface area contributed by atoms with Crippen molar-refractivity contribution >= 4 is 23.8 Å². The minimum atomic E-state index is -0.832. The summed E-state index contributed by atoms with van der Waals surface area (Å²) in [6.45, 7) is 1.37. The zero-order valence-corrected chi connectivity index (χ0v) is 12.7. The maximum atomic E-state index is 12.2. The van der Waals surface area contributed by atoms with Crippen LogP contribution in [0.1, 0.15) is 38.5 Å². The average Bonchev–Trinajstić information content (AvgIpc) is 2.91. The van der Waals surface area contributed by atoms with E-state index in [1.807, 2.05) is 0 Å². The lowest BCUT2D eigenvalue weighted by Crippen LogP contribution is -2.51. The minimum Gasteiger partial charge on any atom is -0.481 e. The summed E-state index contributed by atoms with van der Waals surface area (Å²) in [4.78, 5) is 24.7. The Kier molecular flexibility index (Phi) is 6.01. The van der Waals surface area contributed by atoms with Gasteiger partial charge in [-0.25, -0.2) is 4.79 Å². The quantitative estimate of drug-likeness (QED) is 0.816. The van der Waals surface area contributed by atoms with E-state index in [0.29, 0.717) is 13.1 Å². The summed E-state index contributed by atoms with van der Waals surface area (Å²) in [5.74, 6) is 1.55. The third-order valence-corrected chi connectivity index (χ3v) is 5.29. The highest BCUT2D eigenvalue weighted by atomic mass is 32.2. The Morgan fingerprint density at radius 3 is 2.75 bits per heavy atom. The van der Waals surface area contributed by atoms with E-state index >= 15 is 0 Å². The van der Waals surface area contributed by atoms with Crippen molar-refractivity contribution in [3.05, 3.63) is 0 Å². The fourth-order valence-corrected chi connectivity index (χ4v) is 4.14. The summed E-state index contributed by atoms with van der Waals surface area (Å²) < 4.78 is 0. The van der Waals surface area contributed by atoms with E-state index in [0.717, 1.165) is 23.8 Å². The lowest BCUT2D eigenvalue weighted by Gasteiger charge is -2.34. The second-order valence-electron chi connectivity index (χ2n) is 5.69. The number of amides is 2. The molecule has 2 fully saturated rings. The number of carbonyl (C=O) groups excluding carboxylic acids is 1. The SMILES string of the molecule is O=C(O)CC1CSCCN1C(=O)NCCC1CCCC1. The molecule has 2 amide bonds. The summed E-state index contributed by atoms with van der Waals surface area (Å²) >= 11 is 1.73. The van der Waals surface area contributed by atoms with Gasteiger partial charge in [-0.05, 0) is 12.3 Å². The number of urea groups is 1. The van der Waals surface area contributed by atoms with Gasteiger partial charge in [0.25, 0.3) is 0 Å². The van der Waals surface area contributed by atoms with Gasteiger partial charge in [0.15, 0.2) is 0 Å². The standard InChI is InChI=1S/C14H24N2O3S/c17-13(18)9-12-10-20-8-7-16(12)14(19)15-6-5-11-3-1-2-4-11/h11-12H,1-10H2,(H,15,19)(H,17,18). The normalized spacial score (nSPS) is 23.8. The van der Waals surface area contributed by atoms with Gasteiger partial charge in [-0.1, -0.05) is 25.7 Å². The van der Waals surface area contributed by atoms with Crippen LogP contribution < -0.4 is 5.32 Å². The molecule has 2 N–H and O–H groups in total. The van der Waals surface area contributed by atoms with Crippen LogP contribution in [0, 0.1) is 5.92 Å². The highest BCUT2D eigenvalue weighted by Crippen LogP contribution is 2.27. The molecule has 2 aliphatic rings.